The van der Waals surface area contributed by atoms with Crippen molar-refractivity contribution in [1.29, 1.82) is 0 Å². The quantitative estimate of drug-likeness (QED) is 0.497. The van der Waals surface area contributed by atoms with Gasteiger partial charge in [0.15, 0.2) is 0 Å². The second kappa shape index (κ2) is 9.46. The van der Waals surface area contributed by atoms with E-state index in [1.165, 1.54) is 6.08 Å². The molecule has 0 aliphatic rings. The van der Waals surface area contributed by atoms with Gasteiger partial charge in [-0.05, 0) is 19.3 Å². The maximum Gasteiger partial charge on any atom is 0.243 e. The first-order valence-corrected chi connectivity index (χ1v) is 5.42. The van der Waals surface area contributed by atoms with Gasteiger partial charge in [0.1, 0.15) is 0 Å². The van der Waals surface area contributed by atoms with Crippen LogP contribution in [-0.2, 0) is 4.79 Å². The number of carbonyl (C=O) groups is 1. The fourth-order valence-electron chi connectivity index (χ4n) is 1.19. The van der Waals surface area contributed by atoms with Gasteiger partial charge in [0.05, 0.1) is 0 Å². The summed E-state index contributed by atoms with van der Waals surface area (Å²) in [4.78, 5) is 11.2. The smallest absolute Gasteiger partial charge is 0.243 e. The van der Waals surface area contributed by atoms with E-state index in [9.17, 15) is 4.79 Å². The van der Waals surface area contributed by atoms with Crippen molar-refractivity contribution in [2.75, 3.05) is 13.2 Å². The molecule has 0 aliphatic heterocycles. The Kier molecular flexibility index (Phi) is 8.78. The minimum absolute atomic E-state index is 0.0792. The summed E-state index contributed by atoms with van der Waals surface area (Å²) in [5.41, 5.74) is 0. The zero-order valence-corrected chi connectivity index (χ0v) is 9.57. The van der Waals surface area contributed by atoms with Crippen LogP contribution in [0.2, 0.25) is 0 Å². The highest BCUT2D eigenvalue weighted by Crippen LogP contribution is 2.05. The molecule has 0 aliphatic carbocycles. The molecule has 1 unspecified atom stereocenters. The summed E-state index contributed by atoms with van der Waals surface area (Å²) >= 11 is 0. The molecule has 0 aromatic rings. The van der Waals surface area contributed by atoms with Crippen molar-refractivity contribution in [3.8, 4) is 0 Å². The van der Waals surface area contributed by atoms with E-state index >= 15 is 0 Å². The highest BCUT2D eigenvalue weighted by atomic mass is 16.3. The Hall–Kier alpha value is -1.09. The highest BCUT2D eigenvalue weighted by molar-refractivity contribution is 5.87. The third kappa shape index (κ3) is 7.94. The molecule has 3 heteroatoms. The largest absolute Gasteiger partial charge is 0.396 e. The average Bonchev–Trinajstić information content (AvgIpc) is 2.24. The second-order valence-corrected chi connectivity index (χ2v) is 3.42. The van der Waals surface area contributed by atoms with Gasteiger partial charge in [-0.2, -0.15) is 0 Å². The number of hydrogen-bond acceptors (Lipinski definition) is 2. The summed E-state index contributed by atoms with van der Waals surface area (Å²) in [7, 11) is 0. The molecule has 0 aromatic heterocycles. The molecule has 0 bridgehead atoms. The van der Waals surface area contributed by atoms with E-state index in [4.69, 9.17) is 5.11 Å². The third-order valence-corrected chi connectivity index (χ3v) is 2.23. The number of rotatable bonds is 7. The molecule has 15 heavy (non-hydrogen) atoms. The lowest BCUT2D eigenvalue weighted by molar-refractivity contribution is -0.116. The fourth-order valence-corrected chi connectivity index (χ4v) is 1.19. The Labute approximate surface area is 91.9 Å². The van der Waals surface area contributed by atoms with Gasteiger partial charge in [-0.25, -0.2) is 0 Å². The van der Waals surface area contributed by atoms with Gasteiger partial charge in [-0.3, -0.25) is 4.79 Å². The van der Waals surface area contributed by atoms with E-state index in [-0.39, 0.29) is 12.5 Å². The molecule has 1 amide bonds. The second-order valence-electron chi connectivity index (χ2n) is 3.42. The van der Waals surface area contributed by atoms with Crippen LogP contribution in [0.25, 0.3) is 0 Å². The van der Waals surface area contributed by atoms with Crippen LogP contribution in [0, 0.1) is 5.92 Å². The molecule has 0 fully saturated rings. The van der Waals surface area contributed by atoms with Crippen LogP contribution in [0.3, 0.4) is 0 Å². The first kappa shape index (κ1) is 13.9. The molecule has 86 valence electrons. The monoisotopic (exact) mass is 211 g/mol. The molecule has 0 heterocycles. The van der Waals surface area contributed by atoms with Gasteiger partial charge in [0.2, 0.25) is 5.91 Å². The van der Waals surface area contributed by atoms with Crippen LogP contribution in [0.1, 0.15) is 26.7 Å². The van der Waals surface area contributed by atoms with Crippen molar-refractivity contribution < 1.29 is 9.90 Å². The van der Waals surface area contributed by atoms with Gasteiger partial charge >= 0.3 is 0 Å². The van der Waals surface area contributed by atoms with Crippen LogP contribution in [0.5, 0.6) is 0 Å². The summed E-state index contributed by atoms with van der Waals surface area (Å²) < 4.78 is 0. The molecule has 1 atom stereocenters. The van der Waals surface area contributed by atoms with Crippen LogP contribution < -0.4 is 5.32 Å². The Morgan fingerprint density at radius 3 is 2.73 bits per heavy atom. The topological polar surface area (TPSA) is 49.3 Å². The van der Waals surface area contributed by atoms with Gasteiger partial charge in [-0.15, -0.1) is 0 Å². The van der Waals surface area contributed by atoms with E-state index in [1.54, 1.807) is 6.08 Å². The Morgan fingerprint density at radius 1 is 1.47 bits per heavy atom. The van der Waals surface area contributed by atoms with Gasteiger partial charge < -0.3 is 10.4 Å². The molecule has 0 saturated carbocycles. The lowest BCUT2D eigenvalue weighted by Gasteiger charge is -2.12. The zero-order chi connectivity index (χ0) is 11.5. The maximum absolute atomic E-state index is 11.2. The van der Waals surface area contributed by atoms with Crippen LogP contribution >= 0.6 is 0 Å². The zero-order valence-electron chi connectivity index (χ0n) is 9.57. The van der Waals surface area contributed by atoms with Crippen molar-refractivity contribution in [3.63, 3.8) is 0 Å². The van der Waals surface area contributed by atoms with Gasteiger partial charge in [0.25, 0.3) is 0 Å². The minimum atomic E-state index is -0.0792. The first-order chi connectivity index (χ1) is 7.24. The molecule has 0 aromatic carbocycles. The van der Waals surface area contributed by atoms with Crippen molar-refractivity contribution in [3.05, 3.63) is 24.3 Å². The summed E-state index contributed by atoms with van der Waals surface area (Å²) in [5.74, 6) is 0.290. The first-order valence-electron chi connectivity index (χ1n) is 5.42. The van der Waals surface area contributed by atoms with Gasteiger partial charge in [-0.1, -0.05) is 31.6 Å². The Bertz CT molecular complexity index is 222. The summed E-state index contributed by atoms with van der Waals surface area (Å²) in [6.07, 6.45) is 8.61. The van der Waals surface area contributed by atoms with Crippen LogP contribution in [0.15, 0.2) is 24.3 Å². The van der Waals surface area contributed by atoms with Crippen LogP contribution in [0.4, 0.5) is 0 Å². The number of amides is 1. The van der Waals surface area contributed by atoms with E-state index < -0.39 is 0 Å². The predicted molar refractivity (Wildman–Crippen MR) is 62.4 cm³/mol. The van der Waals surface area contributed by atoms with E-state index in [0.717, 1.165) is 12.8 Å². The summed E-state index contributed by atoms with van der Waals surface area (Å²) in [5, 5.41) is 11.6. The van der Waals surface area contributed by atoms with E-state index in [2.05, 4.69) is 12.2 Å². The van der Waals surface area contributed by atoms with Crippen molar-refractivity contribution in [2.24, 2.45) is 5.92 Å². The van der Waals surface area contributed by atoms with Crippen molar-refractivity contribution >= 4 is 5.91 Å². The number of aliphatic hydroxyl groups is 1. The minimum Gasteiger partial charge on any atom is -0.396 e. The lowest BCUT2D eigenvalue weighted by Crippen LogP contribution is -2.28. The number of hydrogen-bond donors (Lipinski definition) is 2. The Morgan fingerprint density at radius 2 is 2.20 bits per heavy atom. The third-order valence-electron chi connectivity index (χ3n) is 2.23. The number of allylic oxidation sites excluding steroid dienone is 3. The molecule has 0 rings (SSSR count). The molecule has 0 spiro atoms. The summed E-state index contributed by atoms with van der Waals surface area (Å²) in [6, 6.07) is 0. The standard InChI is InChI=1S/C12H21NO2/c1-3-5-6-7-12(15)13-10-11(4-2)8-9-14/h3,5-7,11,14H,4,8-10H2,1-2H3,(H,13,15). The van der Waals surface area contributed by atoms with Gasteiger partial charge in [0, 0.05) is 19.2 Å². The molecular weight excluding hydrogens is 190 g/mol. The molecule has 0 radical (unpaired) electrons. The van der Waals surface area contributed by atoms with E-state index in [1.807, 2.05) is 19.1 Å². The molecular formula is C12H21NO2. The SMILES string of the molecule is CC=CC=CC(=O)NCC(CC)CCO. The summed E-state index contributed by atoms with van der Waals surface area (Å²) in [6.45, 7) is 4.78. The highest BCUT2D eigenvalue weighted by Gasteiger charge is 2.05. The lowest BCUT2D eigenvalue weighted by atomic mass is 10.0. The predicted octanol–water partition coefficient (Wildman–Crippen LogP) is 1.64. The normalized spacial score (nSPS) is 13.5. The fraction of sp³-hybridized carbons (Fsp3) is 0.583. The van der Waals surface area contributed by atoms with Crippen molar-refractivity contribution in [1.82, 2.24) is 5.32 Å². The number of carbonyl (C=O) groups excluding carboxylic acids is 1. The van der Waals surface area contributed by atoms with Crippen molar-refractivity contribution in [2.45, 2.75) is 26.7 Å². The van der Waals surface area contributed by atoms with Crippen LogP contribution in [-0.4, -0.2) is 24.2 Å². The average molecular weight is 211 g/mol. The maximum atomic E-state index is 11.2. The van der Waals surface area contributed by atoms with E-state index in [0.29, 0.717) is 12.5 Å². The number of aliphatic hydroxyl groups excluding tert-OH is 1. The Balaban J connectivity index is 3.77. The molecule has 0 saturated heterocycles. The number of nitrogens with one attached hydrogen (secondary N) is 1. The molecule has 3 nitrogen and oxygen atoms in total. The molecule has 2 N–H and O–H groups in total.